The van der Waals surface area contributed by atoms with E-state index in [-0.39, 0.29) is 5.69 Å². The standard InChI is InChI=1S/C17H21N3O/c21-17-18-8-9-20(17)16-7-6-14-11-19(12-15(14)16)10-13-4-2-1-3-5-13/h1-5,8-9,14-16H,6-7,10-12H2,(H,18,21). The zero-order chi connectivity index (χ0) is 14.2. The van der Waals surface area contributed by atoms with Gasteiger partial charge < -0.3 is 4.98 Å². The van der Waals surface area contributed by atoms with E-state index in [2.05, 4.69) is 40.2 Å². The minimum Gasteiger partial charge on any atom is -0.313 e. The molecule has 2 aromatic rings. The van der Waals surface area contributed by atoms with E-state index in [1.807, 2.05) is 10.8 Å². The number of nitrogens with one attached hydrogen (secondary N) is 1. The Morgan fingerprint density at radius 1 is 1.14 bits per heavy atom. The predicted molar refractivity (Wildman–Crippen MR) is 82.0 cm³/mol. The molecule has 3 atom stereocenters. The highest BCUT2D eigenvalue weighted by Crippen LogP contribution is 2.44. The van der Waals surface area contributed by atoms with Crippen LogP contribution in [0.2, 0.25) is 0 Å². The molecule has 0 radical (unpaired) electrons. The van der Waals surface area contributed by atoms with Crippen molar-refractivity contribution in [1.82, 2.24) is 14.5 Å². The Balaban J connectivity index is 1.48. The number of imidazole rings is 1. The Morgan fingerprint density at radius 3 is 2.76 bits per heavy atom. The number of hydrogen-bond acceptors (Lipinski definition) is 2. The summed E-state index contributed by atoms with van der Waals surface area (Å²) in [6.07, 6.45) is 6.06. The lowest BCUT2D eigenvalue weighted by molar-refractivity contribution is 0.280. The molecule has 2 fully saturated rings. The lowest BCUT2D eigenvalue weighted by Gasteiger charge is -2.21. The smallest absolute Gasteiger partial charge is 0.313 e. The molecule has 0 spiro atoms. The van der Waals surface area contributed by atoms with Crippen molar-refractivity contribution < 1.29 is 0 Å². The van der Waals surface area contributed by atoms with Crippen LogP contribution in [0.3, 0.4) is 0 Å². The Labute approximate surface area is 124 Å². The molecule has 1 saturated carbocycles. The van der Waals surface area contributed by atoms with Crippen molar-refractivity contribution >= 4 is 0 Å². The molecule has 1 saturated heterocycles. The first-order valence-corrected chi connectivity index (χ1v) is 7.83. The van der Waals surface area contributed by atoms with Gasteiger partial charge in [-0.05, 0) is 30.2 Å². The maximum Gasteiger partial charge on any atom is 0.325 e. The van der Waals surface area contributed by atoms with Crippen molar-refractivity contribution in [2.45, 2.75) is 25.4 Å². The van der Waals surface area contributed by atoms with Crippen molar-refractivity contribution in [2.75, 3.05) is 13.1 Å². The van der Waals surface area contributed by atoms with Gasteiger partial charge in [0.25, 0.3) is 0 Å². The molecule has 4 rings (SSSR count). The normalized spacial score (nSPS) is 28.9. The fourth-order valence-electron chi connectivity index (χ4n) is 4.24. The monoisotopic (exact) mass is 283 g/mol. The number of fused-ring (bicyclic) bond motifs is 1. The van der Waals surface area contributed by atoms with E-state index in [9.17, 15) is 4.79 Å². The molecular weight excluding hydrogens is 262 g/mol. The topological polar surface area (TPSA) is 41.0 Å². The Morgan fingerprint density at radius 2 is 2.00 bits per heavy atom. The summed E-state index contributed by atoms with van der Waals surface area (Å²) in [5.74, 6) is 1.38. The molecule has 4 heteroatoms. The molecule has 3 unspecified atom stereocenters. The summed E-state index contributed by atoms with van der Waals surface area (Å²) in [4.78, 5) is 17.2. The highest BCUT2D eigenvalue weighted by molar-refractivity contribution is 5.15. The average molecular weight is 283 g/mol. The van der Waals surface area contributed by atoms with Gasteiger partial charge in [-0.15, -0.1) is 0 Å². The van der Waals surface area contributed by atoms with E-state index in [0.717, 1.165) is 25.4 Å². The quantitative estimate of drug-likeness (QED) is 0.938. The van der Waals surface area contributed by atoms with Crippen LogP contribution >= 0.6 is 0 Å². The highest BCUT2D eigenvalue weighted by atomic mass is 16.1. The summed E-state index contributed by atoms with van der Waals surface area (Å²) in [5, 5.41) is 0. The van der Waals surface area contributed by atoms with Gasteiger partial charge in [-0.1, -0.05) is 30.3 Å². The number of aromatic amines is 1. The van der Waals surface area contributed by atoms with E-state index in [4.69, 9.17) is 0 Å². The van der Waals surface area contributed by atoms with E-state index in [1.54, 1.807) is 6.20 Å². The minimum atomic E-state index is 0.0437. The summed E-state index contributed by atoms with van der Waals surface area (Å²) >= 11 is 0. The highest BCUT2D eigenvalue weighted by Gasteiger charge is 2.43. The first-order valence-electron chi connectivity index (χ1n) is 7.83. The number of rotatable bonds is 3. The zero-order valence-corrected chi connectivity index (χ0v) is 12.1. The largest absolute Gasteiger partial charge is 0.325 e. The maximum atomic E-state index is 11.9. The molecular formula is C17H21N3O. The van der Waals surface area contributed by atoms with Crippen LogP contribution in [0.15, 0.2) is 47.5 Å². The number of likely N-dealkylation sites (tertiary alicyclic amines) is 1. The van der Waals surface area contributed by atoms with Crippen LogP contribution in [0.1, 0.15) is 24.4 Å². The van der Waals surface area contributed by atoms with Crippen molar-refractivity contribution in [3.05, 3.63) is 58.8 Å². The molecule has 2 heterocycles. The number of nitrogens with zero attached hydrogens (tertiary/aromatic N) is 2. The van der Waals surface area contributed by atoms with Gasteiger partial charge in [-0.25, -0.2) is 4.79 Å². The van der Waals surface area contributed by atoms with Crippen LogP contribution in [-0.2, 0) is 6.54 Å². The lowest BCUT2D eigenvalue weighted by atomic mass is 9.98. The Bertz CT molecular complexity index is 660. The van der Waals surface area contributed by atoms with Gasteiger partial charge in [-0.3, -0.25) is 9.47 Å². The van der Waals surface area contributed by atoms with Gasteiger partial charge in [0.15, 0.2) is 0 Å². The molecule has 2 aliphatic rings. The predicted octanol–water partition coefficient (Wildman–Crippen LogP) is 2.26. The van der Waals surface area contributed by atoms with Crippen molar-refractivity contribution in [3.63, 3.8) is 0 Å². The summed E-state index contributed by atoms with van der Waals surface area (Å²) in [6.45, 7) is 3.32. The summed E-state index contributed by atoms with van der Waals surface area (Å²) in [7, 11) is 0. The maximum absolute atomic E-state index is 11.9. The third kappa shape index (κ3) is 2.33. The van der Waals surface area contributed by atoms with Crippen molar-refractivity contribution in [2.24, 2.45) is 11.8 Å². The molecule has 0 bridgehead atoms. The lowest BCUT2D eigenvalue weighted by Crippen LogP contribution is -2.28. The molecule has 1 aromatic carbocycles. The second-order valence-corrected chi connectivity index (χ2v) is 6.42. The fraction of sp³-hybridized carbons (Fsp3) is 0.471. The van der Waals surface area contributed by atoms with Gasteiger partial charge in [0.2, 0.25) is 0 Å². The zero-order valence-electron chi connectivity index (χ0n) is 12.1. The van der Waals surface area contributed by atoms with Gasteiger partial charge in [-0.2, -0.15) is 0 Å². The second-order valence-electron chi connectivity index (χ2n) is 6.42. The first kappa shape index (κ1) is 12.9. The summed E-state index contributed by atoms with van der Waals surface area (Å²) in [6, 6.07) is 11.1. The minimum absolute atomic E-state index is 0.0437. The molecule has 1 N–H and O–H groups in total. The fourth-order valence-corrected chi connectivity index (χ4v) is 4.24. The van der Waals surface area contributed by atoms with Crippen LogP contribution in [0.4, 0.5) is 0 Å². The van der Waals surface area contributed by atoms with Crippen LogP contribution in [0.25, 0.3) is 0 Å². The Kier molecular flexibility index (Phi) is 3.19. The molecule has 0 amide bonds. The van der Waals surface area contributed by atoms with Crippen LogP contribution in [0, 0.1) is 11.8 Å². The van der Waals surface area contributed by atoms with Gasteiger partial charge in [0.1, 0.15) is 0 Å². The number of aromatic nitrogens is 2. The first-order chi connectivity index (χ1) is 10.3. The summed E-state index contributed by atoms with van der Waals surface area (Å²) in [5.41, 5.74) is 1.43. The molecule has 1 aromatic heterocycles. The van der Waals surface area contributed by atoms with Crippen molar-refractivity contribution in [3.8, 4) is 0 Å². The SMILES string of the molecule is O=c1[nH]ccn1C1CCC2CN(Cc3ccccc3)CC21. The van der Waals surface area contributed by atoms with Gasteiger partial charge in [0.05, 0.1) is 0 Å². The van der Waals surface area contributed by atoms with E-state index in [0.29, 0.717) is 12.0 Å². The van der Waals surface area contributed by atoms with E-state index < -0.39 is 0 Å². The van der Waals surface area contributed by atoms with Crippen LogP contribution in [-0.4, -0.2) is 27.5 Å². The van der Waals surface area contributed by atoms with Gasteiger partial charge >= 0.3 is 5.69 Å². The van der Waals surface area contributed by atoms with E-state index in [1.165, 1.54) is 18.5 Å². The number of hydrogen-bond donors (Lipinski definition) is 1. The van der Waals surface area contributed by atoms with Crippen LogP contribution in [0.5, 0.6) is 0 Å². The van der Waals surface area contributed by atoms with Crippen molar-refractivity contribution in [1.29, 1.82) is 0 Å². The van der Waals surface area contributed by atoms with E-state index >= 15 is 0 Å². The summed E-state index contributed by atoms with van der Waals surface area (Å²) < 4.78 is 1.91. The third-order valence-corrected chi connectivity index (χ3v) is 5.18. The molecule has 21 heavy (non-hydrogen) atoms. The molecule has 4 nitrogen and oxygen atoms in total. The van der Waals surface area contributed by atoms with Gasteiger partial charge in [0, 0.05) is 38.1 Å². The third-order valence-electron chi connectivity index (χ3n) is 5.18. The second kappa shape index (κ2) is 5.19. The Hall–Kier alpha value is -1.81. The molecule has 110 valence electrons. The van der Waals surface area contributed by atoms with Crippen LogP contribution < -0.4 is 5.69 Å². The molecule has 1 aliphatic heterocycles. The number of H-pyrrole nitrogens is 1. The molecule has 1 aliphatic carbocycles. The average Bonchev–Trinajstić information content (AvgIpc) is 3.16. The number of benzene rings is 1.